The van der Waals surface area contributed by atoms with Crippen LogP contribution < -0.4 is 10.6 Å². The van der Waals surface area contributed by atoms with E-state index in [-0.39, 0.29) is 11.8 Å². The summed E-state index contributed by atoms with van der Waals surface area (Å²) in [7, 11) is 0. The minimum absolute atomic E-state index is 0.0581. The fourth-order valence-corrected chi connectivity index (χ4v) is 3.97. The number of rotatable bonds is 6. The fourth-order valence-electron chi connectivity index (χ4n) is 3.27. The number of hydrogen-bond donors (Lipinski definition) is 2. The molecule has 0 saturated heterocycles. The van der Waals surface area contributed by atoms with Crippen LogP contribution >= 0.6 is 11.8 Å². The van der Waals surface area contributed by atoms with Crippen molar-refractivity contribution >= 4 is 45.7 Å². The predicted octanol–water partition coefficient (Wildman–Crippen LogP) is 6.13. The van der Waals surface area contributed by atoms with Gasteiger partial charge in [-0.2, -0.15) is 0 Å². The van der Waals surface area contributed by atoms with Crippen molar-refractivity contribution < 1.29 is 9.59 Å². The second-order valence-electron chi connectivity index (χ2n) is 7.19. The van der Waals surface area contributed by atoms with Gasteiger partial charge in [0.2, 0.25) is 5.91 Å². The second-order valence-corrected chi connectivity index (χ2v) is 8.24. The molecule has 2 N–H and O–H groups in total. The average molecular weight is 427 g/mol. The highest BCUT2D eigenvalue weighted by molar-refractivity contribution is 8.00. The van der Waals surface area contributed by atoms with Crippen molar-refractivity contribution in [2.45, 2.75) is 11.8 Å². The molecular weight excluding hydrogens is 404 g/mol. The summed E-state index contributed by atoms with van der Waals surface area (Å²) in [6.07, 6.45) is 0. The van der Waals surface area contributed by atoms with Crippen LogP contribution in [0, 0.1) is 6.92 Å². The molecule has 154 valence electrons. The molecule has 0 fully saturated rings. The Kier molecular flexibility index (Phi) is 6.34. The largest absolute Gasteiger partial charge is 0.325 e. The number of hydrogen-bond acceptors (Lipinski definition) is 3. The Bertz CT molecular complexity index is 1240. The molecule has 4 aromatic rings. The van der Waals surface area contributed by atoms with Gasteiger partial charge in [0.25, 0.3) is 5.91 Å². The number of fused-ring (bicyclic) bond motifs is 1. The first-order chi connectivity index (χ1) is 15.1. The molecule has 4 aromatic carbocycles. The van der Waals surface area contributed by atoms with E-state index in [9.17, 15) is 9.59 Å². The molecule has 0 aliphatic heterocycles. The first-order valence-electron chi connectivity index (χ1n) is 9.97. The maximum atomic E-state index is 12.4. The number of amides is 2. The van der Waals surface area contributed by atoms with Gasteiger partial charge in [0, 0.05) is 21.8 Å². The summed E-state index contributed by atoms with van der Waals surface area (Å²) in [6.45, 7) is 1.91. The zero-order valence-corrected chi connectivity index (χ0v) is 17.9. The lowest BCUT2D eigenvalue weighted by Crippen LogP contribution is -2.14. The number of thioether (sulfide) groups is 1. The summed E-state index contributed by atoms with van der Waals surface area (Å²) in [5.74, 6) is 0.118. The number of carbonyl (C=O) groups excluding carboxylic acids is 2. The molecule has 4 nitrogen and oxygen atoms in total. The molecule has 0 radical (unpaired) electrons. The smallest absolute Gasteiger partial charge is 0.255 e. The molecular formula is C26H22N2O2S. The third-order valence-electron chi connectivity index (χ3n) is 4.91. The summed E-state index contributed by atoms with van der Waals surface area (Å²) in [4.78, 5) is 25.7. The molecule has 0 bridgehead atoms. The first kappa shape index (κ1) is 20.7. The molecule has 31 heavy (non-hydrogen) atoms. The van der Waals surface area contributed by atoms with Gasteiger partial charge in [-0.05, 0) is 65.7 Å². The van der Waals surface area contributed by atoms with Gasteiger partial charge in [0.15, 0.2) is 0 Å². The number of nitrogens with one attached hydrogen (secondary N) is 2. The Morgan fingerprint density at radius 2 is 1.42 bits per heavy atom. The van der Waals surface area contributed by atoms with Gasteiger partial charge in [-0.25, -0.2) is 0 Å². The molecule has 0 aromatic heterocycles. The topological polar surface area (TPSA) is 58.2 Å². The third kappa shape index (κ3) is 5.32. The van der Waals surface area contributed by atoms with Crippen molar-refractivity contribution in [3.8, 4) is 0 Å². The lowest BCUT2D eigenvalue weighted by Gasteiger charge is -2.09. The number of carbonyl (C=O) groups is 2. The van der Waals surface area contributed by atoms with Gasteiger partial charge in [-0.1, -0.05) is 48.5 Å². The van der Waals surface area contributed by atoms with Crippen molar-refractivity contribution in [1.29, 1.82) is 0 Å². The van der Waals surface area contributed by atoms with Crippen LogP contribution in [-0.4, -0.2) is 17.6 Å². The molecule has 0 spiro atoms. The lowest BCUT2D eigenvalue weighted by molar-refractivity contribution is -0.113. The lowest BCUT2D eigenvalue weighted by atomic mass is 10.1. The summed E-state index contributed by atoms with van der Waals surface area (Å²) < 4.78 is 0. The van der Waals surface area contributed by atoms with Crippen LogP contribution in [-0.2, 0) is 4.79 Å². The van der Waals surface area contributed by atoms with Gasteiger partial charge in [-0.3, -0.25) is 9.59 Å². The van der Waals surface area contributed by atoms with Crippen LogP contribution in [0.15, 0.2) is 95.9 Å². The Labute approximate surface area is 185 Å². The van der Waals surface area contributed by atoms with Crippen LogP contribution in [0.3, 0.4) is 0 Å². The van der Waals surface area contributed by atoms with E-state index in [4.69, 9.17) is 0 Å². The molecule has 0 saturated carbocycles. The third-order valence-corrected chi connectivity index (χ3v) is 5.92. The maximum Gasteiger partial charge on any atom is 0.255 e. The zero-order chi connectivity index (χ0) is 21.6. The highest BCUT2D eigenvalue weighted by Gasteiger charge is 2.09. The van der Waals surface area contributed by atoms with Gasteiger partial charge >= 0.3 is 0 Å². The molecule has 5 heteroatoms. The average Bonchev–Trinajstić information content (AvgIpc) is 2.79. The van der Waals surface area contributed by atoms with Crippen LogP contribution in [0.2, 0.25) is 0 Å². The molecule has 0 aliphatic carbocycles. The van der Waals surface area contributed by atoms with Crippen LogP contribution in [0.5, 0.6) is 0 Å². The molecule has 2 amide bonds. The molecule has 0 aliphatic rings. The van der Waals surface area contributed by atoms with Gasteiger partial charge in [0.1, 0.15) is 0 Å². The summed E-state index contributed by atoms with van der Waals surface area (Å²) in [5, 5.41) is 8.10. The Morgan fingerprint density at radius 1 is 0.742 bits per heavy atom. The van der Waals surface area contributed by atoms with Crippen molar-refractivity contribution in [2.24, 2.45) is 0 Å². The van der Waals surface area contributed by atoms with Crippen molar-refractivity contribution in [3.05, 3.63) is 102 Å². The van der Waals surface area contributed by atoms with E-state index in [0.717, 1.165) is 32.6 Å². The molecule has 0 heterocycles. The SMILES string of the molecule is Cc1ccccc1C(=O)Nc1ccc(SCC(=O)Nc2ccc3ccccc3c2)cc1. The highest BCUT2D eigenvalue weighted by Crippen LogP contribution is 2.22. The van der Waals surface area contributed by atoms with Crippen molar-refractivity contribution in [2.75, 3.05) is 16.4 Å². The number of anilines is 2. The van der Waals surface area contributed by atoms with E-state index < -0.39 is 0 Å². The molecule has 4 rings (SSSR count). The molecule has 0 atom stereocenters. The minimum Gasteiger partial charge on any atom is -0.325 e. The normalized spacial score (nSPS) is 10.6. The summed E-state index contributed by atoms with van der Waals surface area (Å²) in [5.41, 5.74) is 3.10. The zero-order valence-electron chi connectivity index (χ0n) is 17.1. The monoisotopic (exact) mass is 426 g/mol. The van der Waals surface area contributed by atoms with Crippen molar-refractivity contribution in [3.63, 3.8) is 0 Å². The summed E-state index contributed by atoms with van der Waals surface area (Å²) in [6, 6.07) is 28.9. The first-order valence-corrected chi connectivity index (χ1v) is 11.0. The standard InChI is InChI=1S/C26H22N2O2S/c1-18-6-2-5-9-24(18)26(30)28-21-12-14-23(15-13-21)31-17-25(29)27-22-11-10-19-7-3-4-8-20(19)16-22/h2-16H,17H2,1H3,(H,27,29)(H,28,30). The number of aryl methyl sites for hydroxylation is 1. The Hall–Kier alpha value is -3.57. The predicted molar refractivity (Wildman–Crippen MR) is 129 cm³/mol. The van der Waals surface area contributed by atoms with E-state index in [1.165, 1.54) is 11.8 Å². The Morgan fingerprint density at radius 3 is 2.19 bits per heavy atom. The second kappa shape index (κ2) is 9.49. The quantitative estimate of drug-likeness (QED) is 0.365. The highest BCUT2D eigenvalue weighted by atomic mass is 32.2. The van der Waals surface area contributed by atoms with E-state index >= 15 is 0 Å². The fraction of sp³-hybridized carbons (Fsp3) is 0.0769. The maximum absolute atomic E-state index is 12.4. The Balaban J connectivity index is 1.31. The van der Waals surface area contributed by atoms with E-state index in [0.29, 0.717) is 11.3 Å². The van der Waals surface area contributed by atoms with Gasteiger partial charge in [0.05, 0.1) is 5.75 Å². The van der Waals surface area contributed by atoms with E-state index in [1.54, 1.807) is 0 Å². The van der Waals surface area contributed by atoms with Crippen LogP contribution in [0.25, 0.3) is 10.8 Å². The van der Waals surface area contributed by atoms with Gasteiger partial charge in [-0.15, -0.1) is 11.8 Å². The van der Waals surface area contributed by atoms with E-state index in [1.807, 2.05) is 97.9 Å². The summed E-state index contributed by atoms with van der Waals surface area (Å²) >= 11 is 1.45. The van der Waals surface area contributed by atoms with Crippen LogP contribution in [0.4, 0.5) is 11.4 Å². The van der Waals surface area contributed by atoms with Gasteiger partial charge < -0.3 is 10.6 Å². The van der Waals surface area contributed by atoms with Crippen molar-refractivity contribution in [1.82, 2.24) is 0 Å². The van der Waals surface area contributed by atoms with Crippen LogP contribution in [0.1, 0.15) is 15.9 Å². The minimum atomic E-state index is -0.131. The number of benzene rings is 4. The molecule has 0 unspecified atom stereocenters. The van der Waals surface area contributed by atoms with E-state index in [2.05, 4.69) is 10.6 Å².